The summed E-state index contributed by atoms with van der Waals surface area (Å²) in [7, 11) is 0. The van der Waals surface area contributed by atoms with Gasteiger partial charge in [0.25, 0.3) is 0 Å². The monoisotopic (exact) mass is 250 g/mol. The maximum atomic E-state index is 3.56. The van der Waals surface area contributed by atoms with Crippen LogP contribution in [0.25, 0.3) is 0 Å². The van der Waals surface area contributed by atoms with Crippen molar-refractivity contribution in [1.29, 1.82) is 0 Å². The molecule has 0 amide bonds. The topological polar surface area (TPSA) is 15.3 Å². The number of nitrogens with one attached hydrogen (secondary N) is 1. The molecule has 2 nitrogen and oxygen atoms in total. The zero-order valence-electron chi connectivity index (χ0n) is 12.2. The molecule has 2 saturated heterocycles. The second-order valence-corrected chi connectivity index (χ2v) is 7.30. The zero-order chi connectivity index (χ0) is 12.5. The van der Waals surface area contributed by atoms with E-state index in [1.807, 2.05) is 0 Å². The van der Waals surface area contributed by atoms with Gasteiger partial charge in [-0.05, 0) is 56.0 Å². The predicted molar refractivity (Wildman–Crippen MR) is 76.6 cm³/mol. The Morgan fingerprint density at radius 1 is 0.944 bits per heavy atom. The third-order valence-corrected chi connectivity index (χ3v) is 5.86. The van der Waals surface area contributed by atoms with Crippen molar-refractivity contribution >= 4 is 0 Å². The molecular weight excluding hydrogens is 220 g/mol. The first-order valence-corrected chi connectivity index (χ1v) is 8.19. The predicted octanol–water partition coefficient (Wildman–Crippen LogP) is 2.74. The molecule has 1 N–H and O–H groups in total. The van der Waals surface area contributed by atoms with Crippen LogP contribution >= 0.6 is 0 Å². The van der Waals surface area contributed by atoms with E-state index in [0.717, 1.165) is 29.7 Å². The van der Waals surface area contributed by atoms with Crippen LogP contribution in [-0.4, -0.2) is 37.1 Å². The lowest BCUT2D eigenvalue weighted by Crippen LogP contribution is -2.35. The quantitative estimate of drug-likeness (QED) is 0.758. The number of nitrogens with zero attached hydrogens (tertiary/aromatic N) is 1. The molecule has 0 aromatic heterocycles. The highest BCUT2D eigenvalue weighted by Gasteiger charge is 2.39. The van der Waals surface area contributed by atoms with Crippen molar-refractivity contribution in [2.45, 2.75) is 52.0 Å². The van der Waals surface area contributed by atoms with Crippen molar-refractivity contribution in [2.75, 3.05) is 26.2 Å². The summed E-state index contributed by atoms with van der Waals surface area (Å²) in [5.41, 5.74) is 0. The van der Waals surface area contributed by atoms with E-state index in [9.17, 15) is 0 Å². The lowest BCUT2D eigenvalue weighted by atomic mass is 9.89. The second-order valence-electron chi connectivity index (χ2n) is 7.30. The number of hydrogen-bond acceptors (Lipinski definition) is 2. The second kappa shape index (κ2) is 5.50. The molecule has 0 spiro atoms. The van der Waals surface area contributed by atoms with Gasteiger partial charge in [0.1, 0.15) is 0 Å². The molecule has 1 aliphatic carbocycles. The minimum absolute atomic E-state index is 0.894. The SMILES string of the molecule is CC(C)C1CCCC(N2CC3CNCC3C2)CC1. The number of likely N-dealkylation sites (tertiary alicyclic amines) is 1. The third kappa shape index (κ3) is 2.60. The maximum absolute atomic E-state index is 3.56. The fourth-order valence-electron chi connectivity index (χ4n) is 4.53. The smallest absolute Gasteiger partial charge is 0.00956 e. The molecule has 2 aliphatic heterocycles. The average Bonchev–Trinajstić information content (AvgIpc) is 2.82. The molecule has 1 saturated carbocycles. The molecule has 0 bridgehead atoms. The molecule has 3 fully saturated rings. The van der Waals surface area contributed by atoms with Crippen LogP contribution in [0.3, 0.4) is 0 Å². The van der Waals surface area contributed by atoms with Gasteiger partial charge in [-0.2, -0.15) is 0 Å². The third-order valence-electron chi connectivity index (χ3n) is 5.86. The standard InChI is InChI=1S/C16H30N2/c1-12(2)13-4-3-5-16(7-6-13)18-10-14-8-17-9-15(14)11-18/h12-17H,3-11H2,1-2H3. The first-order chi connectivity index (χ1) is 8.74. The summed E-state index contributed by atoms with van der Waals surface area (Å²) in [6.07, 6.45) is 7.37. The Labute approximate surface area is 113 Å². The number of hydrogen-bond donors (Lipinski definition) is 1. The van der Waals surface area contributed by atoms with Crippen molar-refractivity contribution in [3.63, 3.8) is 0 Å². The summed E-state index contributed by atoms with van der Waals surface area (Å²) in [5, 5.41) is 3.56. The molecule has 2 heteroatoms. The average molecular weight is 250 g/mol. The van der Waals surface area contributed by atoms with E-state index in [1.54, 1.807) is 0 Å². The zero-order valence-corrected chi connectivity index (χ0v) is 12.2. The summed E-state index contributed by atoms with van der Waals surface area (Å²) in [6.45, 7) is 10.2. The lowest BCUT2D eigenvalue weighted by molar-refractivity contribution is 0.203. The lowest BCUT2D eigenvalue weighted by Gasteiger charge is -2.28. The minimum atomic E-state index is 0.894. The summed E-state index contributed by atoms with van der Waals surface area (Å²) in [5.74, 6) is 3.83. The van der Waals surface area contributed by atoms with E-state index in [4.69, 9.17) is 0 Å². The van der Waals surface area contributed by atoms with Gasteiger partial charge in [-0.25, -0.2) is 0 Å². The van der Waals surface area contributed by atoms with Crippen LogP contribution in [0.1, 0.15) is 46.0 Å². The molecule has 18 heavy (non-hydrogen) atoms. The summed E-state index contributed by atoms with van der Waals surface area (Å²) in [4.78, 5) is 2.85. The highest BCUT2D eigenvalue weighted by Crippen LogP contribution is 2.35. The van der Waals surface area contributed by atoms with E-state index in [1.165, 1.54) is 58.3 Å². The maximum Gasteiger partial charge on any atom is 0.00956 e. The van der Waals surface area contributed by atoms with Gasteiger partial charge in [0.2, 0.25) is 0 Å². The fourth-order valence-corrected chi connectivity index (χ4v) is 4.53. The van der Waals surface area contributed by atoms with Crippen molar-refractivity contribution in [1.82, 2.24) is 10.2 Å². The van der Waals surface area contributed by atoms with Crippen molar-refractivity contribution in [3.8, 4) is 0 Å². The van der Waals surface area contributed by atoms with Crippen LogP contribution in [0.15, 0.2) is 0 Å². The van der Waals surface area contributed by atoms with Crippen LogP contribution in [0, 0.1) is 23.7 Å². The molecular formula is C16H30N2. The van der Waals surface area contributed by atoms with Crippen LogP contribution in [0.5, 0.6) is 0 Å². The highest BCUT2D eigenvalue weighted by atomic mass is 15.2. The Kier molecular flexibility index (Phi) is 3.95. The van der Waals surface area contributed by atoms with Crippen LogP contribution in [0.2, 0.25) is 0 Å². The van der Waals surface area contributed by atoms with E-state index >= 15 is 0 Å². The summed E-state index contributed by atoms with van der Waals surface area (Å²) < 4.78 is 0. The summed E-state index contributed by atoms with van der Waals surface area (Å²) >= 11 is 0. The molecule has 0 aromatic carbocycles. The van der Waals surface area contributed by atoms with Gasteiger partial charge >= 0.3 is 0 Å². The van der Waals surface area contributed by atoms with Crippen LogP contribution < -0.4 is 5.32 Å². The van der Waals surface area contributed by atoms with E-state index in [0.29, 0.717) is 0 Å². The van der Waals surface area contributed by atoms with Crippen molar-refractivity contribution < 1.29 is 0 Å². The first kappa shape index (κ1) is 12.9. The van der Waals surface area contributed by atoms with E-state index < -0.39 is 0 Å². The summed E-state index contributed by atoms with van der Waals surface area (Å²) in [6, 6.07) is 0.916. The molecule has 0 radical (unpaired) electrons. The Hall–Kier alpha value is -0.0800. The van der Waals surface area contributed by atoms with E-state index in [-0.39, 0.29) is 0 Å². The van der Waals surface area contributed by atoms with Gasteiger partial charge in [-0.3, -0.25) is 4.90 Å². The Balaban J connectivity index is 1.54. The van der Waals surface area contributed by atoms with Crippen LogP contribution in [0.4, 0.5) is 0 Å². The Morgan fingerprint density at radius 2 is 1.67 bits per heavy atom. The van der Waals surface area contributed by atoms with Gasteiger partial charge in [-0.15, -0.1) is 0 Å². The number of rotatable bonds is 2. The molecule has 3 aliphatic rings. The van der Waals surface area contributed by atoms with Crippen LogP contribution in [-0.2, 0) is 0 Å². The number of fused-ring (bicyclic) bond motifs is 1. The van der Waals surface area contributed by atoms with Gasteiger partial charge in [0, 0.05) is 19.1 Å². The minimum Gasteiger partial charge on any atom is -0.316 e. The molecule has 0 aromatic rings. The molecule has 104 valence electrons. The first-order valence-electron chi connectivity index (χ1n) is 8.19. The fraction of sp³-hybridized carbons (Fsp3) is 1.00. The molecule has 4 unspecified atom stereocenters. The highest BCUT2D eigenvalue weighted by molar-refractivity contribution is 4.94. The van der Waals surface area contributed by atoms with E-state index in [2.05, 4.69) is 24.1 Å². The van der Waals surface area contributed by atoms with Gasteiger partial charge < -0.3 is 5.32 Å². The Bertz CT molecular complexity index is 264. The van der Waals surface area contributed by atoms with Crippen molar-refractivity contribution in [3.05, 3.63) is 0 Å². The van der Waals surface area contributed by atoms with Gasteiger partial charge in [0.05, 0.1) is 0 Å². The van der Waals surface area contributed by atoms with Gasteiger partial charge in [0.15, 0.2) is 0 Å². The Morgan fingerprint density at radius 3 is 2.33 bits per heavy atom. The molecule has 2 heterocycles. The van der Waals surface area contributed by atoms with Crippen molar-refractivity contribution in [2.24, 2.45) is 23.7 Å². The normalized spacial score (nSPS) is 42.2. The molecule has 4 atom stereocenters. The van der Waals surface area contributed by atoms with Gasteiger partial charge in [-0.1, -0.05) is 26.7 Å². The largest absolute Gasteiger partial charge is 0.316 e. The molecule has 3 rings (SSSR count).